The molecule has 1 amide bonds. The molecule has 27 heavy (non-hydrogen) atoms. The SMILES string of the molecule is CCC(=O)N1CC[C@H]2[C@@H](c3ccccc3)Nc3ccc(C(=O)OC)cc3[C@H]21. The lowest BCUT2D eigenvalue weighted by Crippen LogP contribution is -2.37. The molecule has 0 spiro atoms. The lowest BCUT2D eigenvalue weighted by molar-refractivity contribution is -0.132. The van der Waals surface area contributed by atoms with Crippen molar-refractivity contribution in [2.75, 3.05) is 19.0 Å². The Kier molecular flexibility index (Phi) is 4.60. The standard InChI is InChI=1S/C22H24N2O3/c1-3-19(25)24-12-11-16-20(14-7-5-4-6-8-14)23-18-10-9-15(22(26)27-2)13-17(18)21(16)24/h4-10,13,16,20-21,23H,3,11-12H2,1-2H3/t16-,20+,21-/m0/s1. The van der Waals surface area contributed by atoms with Gasteiger partial charge in [0.1, 0.15) is 0 Å². The number of carbonyl (C=O) groups is 2. The van der Waals surface area contributed by atoms with E-state index in [4.69, 9.17) is 4.74 Å². The van der Waals surface area contributed by atoms with Gasteiger partial charge >= 0.3 is 5.97 Å². The Morgan fingerprint density at radius 1 is 1.19 bits per heavy atom. The zero-order valence-corrected chi connectivity index (χ0v) is 15.6. The van der Waals surface area contributed by atoms with Crippen LogP contribution in [-0.4, -0.2) is 30.4 Å². The van der Waals surface area contributed by atoms with Crippen molar-refractivity contribution in [2.45, 2.75) is 31.8 Å². The Morgan fingerprint density at radius 3 is 2.67 bits per heavy atom. The molecule has 2 aliphatic heterocycles. The molecule has 0 bridgehead atoms. The molecule has 0 unspecified atom stereocenters. The number of benzene rings is 2. The summed E-state index contributed by atoms with van der Waals surface area (Å²) < 4.78 is 4.88. The molecule has 4 rings (SSSR count). The highest BCUT2D eigenvalue weighted by molar-refractivity contribution is 5.90. The van der Waals surface area contributed by atoms with Crippen molar-refractivity contribution in [1.82, 2.24) is 4.90 Å². The van der Waals surface area contributed by atoms with Crippen LogP contribution in [0.3, 0.4) is 0 Å². The maximum atomic E-state index is 12.6. The molecule has 1 fully saturated rings. The molecule has 2 heterocycles. The van der Waals surface area contributed by atoms with Crippen LogP contribution in [0.15, 0.2) is 48.5 Å². The molecule has 0 aliphatic carbocycles. The third-order valence-corrected chi connectivity index (χ3v) is 5.76. The van der Waals surface area contributed by atoms with Crippen molar-refractivity contribution in [3.8, 4) is 0 Å². The summed E-state index contributed by atoms with van der Waals surface area (Å²) in [7, 11) is 1.39. The first-order valence-corrected chi connectivity index (χ1v) is 9.47. The van der Waals surface area contributed by atoms with Crippen molar-refractivity contribution in [3.05, 3.63) is 65.2 Å². The van der Waals surface area contributed by atoms with Crippen LogP contribution in [0.5, 0.6) is 0 Å². The number of amides is 1. The quantitative estimate of drug-likeness (QED) is 0.838. The minimum absolute atomic E-state index is 0.0245. The molecule has 1 N–H and O–H groups in total. The molecular weight excluding hydrogens is 340 g/mol. The summed E-state index contributed by atoms with van der Waals surface area (Å²) in [5.41, 5.74) is 3.73. The lowest BCUT2D eigenvalue weighted by Gasteiger charge is -2.40. The fraction of sp³-hybridized carbons (Fsp3) is 0.364. The van der Waals surface area contributed by atoms with Gasteiger partial charge < -0.3 is 15.0 Å². The molecule has 0 aromatic heterocycles. The Bertz CT molecular complexity index is 865. The van der Waals surface area contributed by atoms with Crippen LogP contribution in [0.1, 0.15) is 53.3 Å². The van der Waals surface area contributed by atoms with E-state index in [1.54, 1.807) is 6.07 Å². The van der Waals surface area contributed by atoms with E-state index in [9.17, 15) is 9.59 Å². The van der Waals surface area contributed by atoms with Crippen LogP contribution in [0.25, 0.3) is 0 Å². The number of rotatable bonds is 3. The fourth-order valence-electron chi connectivity index (χ4n) is 4.50. The van der Waals surface area contributed by atoms with Crippen LogP contribution in [-0.2, 0) is 9.53 Å². The molecule has 5 heteroatoms. The van der Waals surface area contributed by atoms with E-state index in [0.29, 0.717) is 12.0 Å². The summed E-state index contributed by atoms with van der Waals surface area (Å²) in [5.74, 6) is 0.0693. The van der Waals surface area contributed by atoms with E-state index in [1.807, 2.05) is 42.2 Å². The highest BCUT2D eigenvalue weighted by Gasteiger charge is 2.46. The minimum Gasteiger partial charge on any atom is -0.465 e. The van der Waals surface area contributed by atoms with Gasteiger partial charge in [-0.1, -0.05) is 37.3 Å². The number of fused-ring (bicyclic) bond motifs is 3. The van der Waals surface area contributed by atoms with Crippen LogP contribution in [0, 0.1) is 5.92 Å². The van der Waals surface area contributed by atoms with Crippen molar-refractivity contribution < 1.29 is 14.3 Å². The first-order valence-electron chi connectivity index (χ1n) is 9.47. The van der Waals surface area contributed by atoms with E-state index in [-0.39, 0.29) is 29.9 Å². The van der Waals surface area contributed by atoms with Gasteiger partial charge in [-0.2, -0.15) is 0 Å². The number of carbonyl (C=O) groups excluding carboxylic acids is 2. The zero-order chi connectivity index (χ0) is 19.0. The van der Waals surface area contributed by atoms with E-state index >= 15 is 0 Å². The Balaban J connectivity index is 1.81. The number of hydrogen-bond donors (Lipinski definition) is 1. The molecule has 3 atom stereocenters. The summed E-state index contributed by atoms with van der Waals surface area (Å²) in [4.78, 5) is 26.6. The van der Waals surface area contributed by atoms with Gasteiger partial charge in [-0.05, 0) is 35.7 Å². The largest absolute Gasteiger partial charge is 0.465 e. The van der Waals surface area contributed by atoms with Crippen molar-refractivity contribution in [1.29, 1.82) is 0 Å². The van der Waals surface area contributed by atoms with Gasteiger partial charge in [0.15, 0.2) is 0 Å². The number of nitrogens with zero attached hydrogens (tertiary/aromatic N) is 1. The summed E-state index contributed by atoms with van der Waals surface area (Å²) in [6.45, 7) is 2.64. The molecule has 0 radical (unpaired) electrons. The van der Waals surface area contributed by atoms with Gasteiger partial charge in [0.25, 0.3) is 0 Å². The molecule has 2 aromatic carbocycles. The molecule has 1 saturated heterocycles. The van der Waals surface area contributed by atoms with Crippen LogP contribution in [0.2, 0.25) is 0 Å². The van der Waals surface area contributed by atoms with Gasteiger partial charge in [0, 0.05) is 24.6 Å². The van der Waals surface area contributed by atoms with E-state index < -0.39 is 0 Å². The molecule has 140 valence electrons. The maximum absolute atomic E-state index is 12.6. The third-order valence-electron chi connectivity index (χ3n) is 5.76. The highest BCUT2D eigenvalue weighted by atomic mass is 16.5. The van der Waals surface area contributed by atoms with Crippen LogP contribution >= 0.6 is 0 Å². The molecule has 2 aliphatic rings. The predicted molar refractivity (Wildman–Crippen MR) is 103 cm³/mol. The first-order chi connectivity index (χ1) is 13.1. The zero-order valence-electron chi connectivity index (χ0n) is 15.6. The average Bonchev–Trinajstić information content (AvgIpc) is 3.17. The second-order valence-electron chi connectivity index (χ2n) is 7.16. The number of hydrogen-bond acceptors (Lipinski definition) is 4. The first kappa shape index (κ1) is 17.6. The average molecular weight is 364 g/mol. The van der Waals surface area contributed by atoms with Crippen molar-refractivity contribution in [3.63, 3.8) is 0 Å². The summed E-state index contributed by atoms with van der Waals surface area (Å²) in [5, 5.41) is 3.66. The van der Waals surface area contributed by atoms with Gasteiger partial charge in [-0.3, -0.25) is 4.79 Å². The molecule has 2 aromatic rings. The number of nitrogens with one attached hydrogen (secondary N) is 1. The van der Waals surface area contributed by atoms with E-state index in [2.05, 4.69) is 17.4 Å². The highest BCUT2D eigenvalue weighted by Crippen LogP contribution is 2.51. The van der Waals surface area contributed by atoms with Gasteiger partial charge in [-0.15, -0.1) is 0 Å². The smallest absolute Gasteiger partial charge is 0.337 e. The van der Waals surface area contributed by atoms with E-state index in [0.717, 1.165) is 24.2 Å². The Hall–Kier alpha value is -2.82. The van der Waals surface area contributed by atoms with Crippen molar-refractivity contribution in [2.24, 2.45) is 5.92 Å². The van der Waals surface area contributed by atoms with Crippen molar-refractivity contribution >= 4 is 17.6 Å². The fourth-order valence-corrected chi connectivity index (χ4v) is 4.50. The topological polar surface area (TPSA) is 58.6 Å². The normalized spacial score (nSPS) is 23.2. The second kappa shape index (κ2) is 7.06. The van der Waals surface area contributed by atoms with Gasteiger partial charge in [0.05, 0.1) is 24.8 Å². The van der Waals surface area contributed by atoms with Crippen LogP contribution in [0.4, 0.5) is 5.69 Å². The monoisotopic (exact) mass is 364 g/mol. The molecule has 5 nitrogen and oxygen atoms in total. The Morgan fingerprint density at radius 2 is 1.96 bits per heavy atom. The number of methoxy groups -OCH3 is 1. The molecule has 0 saturated carbocycles. The van der Waals surface area contributed by atoms with Gasteiger partial charge in [0.2, 0.25) is 5.91 Å². The molecular formula is C22H24N2O3. The third kappa shape index (κ3) is 2.97. The lowest BCUT2D eigenvalue weighted by atomic mass is 9.79. The number of esters is 1. The van der Waals surface area contributed by atoms with Crippen LogP contribution < -0.4 is 5.32 Å². The second-order valence-corrected chi connectivity index (χ2v) is 7.16. The number of likely N-dealkylation sites (tertiary alicyclic amines) is 1. The summed E-state index contributed by atoms with van der Waals surface area (Å²) >= 11 is 0. The summed E-state index contributed by atoms with van der Waals surface area (Å²) in [6.07, 6.45) is 1.42. The maximum Gasteiger partial charge on any atom is 0.337 e. The van der Waals surface area contributed by atoms with E-state index in [1.165, 1.54) is 12.7 Å². The minimum atomic E-state index is -0.356. The van der Waals surface area contributed by atoms with Gasteiger partial charge in [-0.25, -0.2) is 4.79 Å². The number of anilines is 1. The summed E-state index contributed by atoms with van der Waals surface area (Å²) in [6, 6.07) is 16.1. The Labute approximate surface area is 159 Å². The predicted octanol–water partition coefficient (Wildman–Crippen LogP) is 3.94. The number of ether oxygens (including phenoxy) is 1.